The number of hydrogen-bond donors (Lipinski definition) is 0. The number of nitriles is 1. The summed E-state index contributed by atoms with van der Waals surface area (Å²) in [7, 11) is 0. The van der Waals surface area contributed by atoms with E-state index in [9.17, 15) is 4.79 Å². The van der Waals surface area contributed by atoms with Gasteiger partial charge in [0, 0.05) is 6.42 Å². The van der Waals surface area contributed by atoms with Gasteiger partial charge in [-0.25, -0.2) is 4.79 Å². The van der Waals surface area contributed by atoms with E-state index < -0.39 is 12.1 Å². The average Bonchev–Trinajstić information content (AvgIpc) is 2.55. The van der Waals surface area contributed by atoms with E-state index in [-0.39, 0.29) is 6.61 Å². The van der Waals surface area contributed by atoms with Crippen LogP contribution in [0, 0.1) is 11.3 Å². The van der Waals surface area contributed by atoms with Gasteiger partial charge in [-0.3, -0.25) is 0 Å². The lowest BCUT2D eigenvalue weighted by Crippen LogP contribution is -2.20. The highest BCUT2D eigenvalue weighted by Crippen LogP contribution is 2.21. The van der Waals surface area contributed by atoms with Gasteiger partial charge in [0.15, 0.2) is 12.7 Å². The maximum atomic E-state index is 11.6. The summed E-state index contributed by atoms with van der Waals surface area (Å²) in [5, 5.41) is 8.61. The van der Waals surface area contributed by atoms with Crippen molar-refractivity contribution in [3.8, 4) is 11.8 Å². The van der Waals surface area contributed by atoms with Crippen LogP contribution in [0.5, 0.6) is 5.75 Å². The fourth-order valence-corrected chi connectivity index (χ4v) is 2.00. The predicted octanol–water partition coefficient (Wildman–Crippen LogP) is 3.11. The average molecular weight is 295 g/mol. The first-order valence-corrected chi connectivity index (χ1v) is 7.03. The van der Waals surface area contributed by atoms with Gasteiger partial charge in [-0.15, -0.1) is 0 Å². The molecule has 22 heavy (non-hydrogen) atoms. The van der Waals surface area contributed by atoms with E-state index in [1.165, 1.54) is 12.5 Å². The molecule has 0 bridgehead atoms. The molecule has 0 N–H and O–H groups in total. The number of hydrogen-bond acceptors (Lipinski definition) is 4. The van der Waals surface area contributed by atoms with Gasteiger partial charge in [0.1, 0.15) is 11.8 Å². The van der Waals surface area contributed by atoms with Crippen LogP contribution in [-0.2, 0) is 16.0 Å². The van der Waals surface area contributed by atoms with E-state index in [1.807, 2.05) is 60.7 Å². The van der Waals surface area contributed by atoms with Crippen LogP contribution in [0.15, 0.2) is 54.6 Å². The number of para-hydroxylation sites is 1. The molecule has 0 aliphatic heterocycles. The smallest absolute Gasteiger partial charge is 0.345 e. The molecule has 0 fully saturated rings. The van der Waals surface area contributed by atoms with Crippen LogP contribution in [0.25, 0.3) is 0 Å². The Morgan fingerprint density at radius 1 is 1.14 bits per heavy atom. The van der Waals surface area contributed by atoms with Crippen molar-refractivity contribution in [2.45, 2.75) is 19.4 Å². The number of ether oxygens (including phenoxy) is 2. The van der Waals surface area contributed by atoms with E-state index in [2.05, 4.69) is 0 Å². The molecular weight excluding hydrogens is 278 g/mol. The number of carbonyl (C=O) groups is 1. The molecule has 4 heteroatoms. The Kier molecular flexibility index (Phi) is 5.56. The molecule has 0 saturated heterocycles. The second-order valence-electron chi connectivity index (χ2n) is 4.82. The van der Waals surface area contributed by atoms with Crippen molar-refractivity contribution in [3.63, 3.8) is 0 Å². The molecule has 0 aliphatic carbocycles. The lowest BCUT2D eigenvalue weighted by molar-refractivity contribution is -0.148. The highest BCUT2D eigenvalue weighted by Gasteiger charge is 2.11. The summed E-state index contributed by atoms with van der Waals surface area (Å²) in [5.74, 6) is 0.0940. The van der Waals surface area contributed by atoms with Crippen molar-refractivity contribution in [2.24, 2.45) is 0 Å². The van der Waals surface area contributed by atoms with Gasteiger partial charge in [0.05, 0.1) is 0 Å². The van der Waals surface area contributed by atoms with E-state index in [4.69, 9.17) is 14.7 Å². The topological polar surface area (TPSA) is 59.3 Å². The minimum atomic E-state index is -0.768. The molecule has 0 aromatic heterocycles. The minimum Gasteiger partial charge on any atom is -0.482 e. The van der Waals surface area contributed by atoms with Crippen molar-refractivity contribution in [1.29, 1.82) is 5.26 Å². The van der Waals surface area contributed by atoms with Gasteiger partial charge in [0.2, 0.25) is 0 Å². The number of nitrogens with zero attached hydrogens (tertiary/aromatic N) is 1. The Bertz CT molecular complexity index is 662. The highest BCUT2D eigenvalue weighted by molar-refractivity contribution is 5.71. The number of carbonyl (C=O) groups excluding carboxylic acids is 1. The zero-order valence-corrected chi connectivity index (χ0v) is 12.4. The fraction of sp³-hybridized carbons (Fsp3) is 0.222. The van der Waals surface area contributed by atoms with Crippen LogP contribution in [0.2, 0.25) is 0 Å². The van der Waals surface area contributed by atoms with Gasteiger partial charge < -0.3 is 9.47 Å². The molecule has 1 atom stereocenters. The van der Waals surface area contributed by atoms with Crippen molar-refractivity contribution in [3.05, 3.63) is 65.7 Å². The number of benzene rings is 2. The van der Waals surface area contributed by atoms with E-state index in [0.717, 1.165) is 12.0 Å². The Morgan fingerprint density at radius 3 is 2.55 bits per heavy atom. The lowest BCUT2D eigenvalue weighted by Gasteiger charge is -2.12. The lowest BCUT2D eigenvalue weighted by atomic mass is 10.0. The summed E-state index contributed by atoms with van der Waals surface area (Å²) in [6, 6.07) is 19.4. The third-order valence-electron chi connectivity index (χ3n) is 3.05. The van der Waals surface area contributed by atoms with E-state index in [0.29, 0.717) is 5.75 Å². The first kappa shape index (κ1) is 15.6. The number of rotatable bonds is 6. The molecule has 0 heterocycles. The van der Waals surface area contributed by atoms with Crippen LogP contribution in [0.1, 0.15) is 18.1 Å². The van der Waals surface area contributed by atoms with E-state index >= 15 is 0 Å². The van der Waals surface area contributed by atoms with Crippen LogP contribution in [0.3, 0.4) is 0 Å². The van der Waals surface area contributed by atoms with Gasteiger partial charge in [-0.05, 0) is 24.1 Å². The first-order chi connectivity index (χ1) is 10.7. The molecule has 0 amide bonds. The van der Waals surface area contributed by atoms with Crippen LogP contribution >= 0.6 is 0 Å². The Morgan fingerprint density at radius 2 is 1.82 bits per heavy atom. The van der Waals surface area contributed by atoms with Crippen molar-refractivity contribution < 1.29 is 14.3 Å². The molecule has 2 aromatic carbocycles. The normalized spacial score (nSPS) is 11.3. The van der Waals surface area contributed by atoms with Gasteiger partial charge in [-0.2, -0.15) is 5.26 Å². The minimum absolute atomic E-state index is 0.210. The molecule has 0 saturated carbocycles. The quantitative estimate of drug-likeness (QED) is 0.768. The summed E-state index contributed by atoms with van der Waals surface area (Å²) in [4.78, 5) is 11.6. The van der Waals surface area contributed by atoms with Crippen molar-refractivity contribution in [1.82, 2.24) is 0 Å². The fourth-order valence-electron chi connectivity index (χ4n) is 2.00. The Balaban J connectivity index is 2.00. The highest BCUT2D eigenvalue weighted by atomic mass is 16.6. The summed E-state index contributed by atoms with van der Waals surface area (Å²) >= 11 is 0. The van der Waals surface area contributed by atoms with Crippen molar-refractivity contribution in [2.75, 3.05) is 6.61 Å². The van der Waals surface area contributed by atoms with Crippen molar-refractivity contribution >= 4 is 5.97 Å². The van der Waals surface area contributed by atoms with Crippen LogP contribution < -0.4 is 4.74 Å². The van der Waals surface area contributed by atoms with Gasteiger partial charge in [-0.1, -0.05) is 48.5 Å². The van der Waals surface area contributed by atoms with Crippen LogP contribution in [-0.4, -0.2) is 18.7 Å². The SMILES string of the molecule is CC(C#N)OC(=O)COc1ccccc1Cc1ccccc1. The maximum Gasteiger partial charge on any atom is 0.345 e. The summed E-state index contributed by atoms with van der Waals surface area (Å²) in [6.07, 6.45) is -0.0450. The second kappa shape index (κ2) is 7.84. The zero-order valence-electron chi connectivity index (χ0n) is 12.4. The summed E-state index contributed by atoms with van der Waals surface area (Å²) in [5.41, 5.74) is 2.16. The molecule has 112 valence electrons. The van der Waals surface area contributed by atoms with E-state index in [1.54, 1.807) is 0 Å². The second-order valence-corrected chi connectivity index (χ2v) is 4.82. The third kappa shape index (κ3) is 4.64. The summed E-state index contributed by atoms with van der Waals surface area (Å²) in [6.45, 7) is 1.30. The molecular formula is C18H17NO3. The number of esters is 1. The molecule has 2 rings (SSSR count). The first-order valence-electron chi connectivity index (χ1n) is 7.03. The Labute approximate surface area is 129 Å². The monoisotopic (exact) mass is 295 g/mol. The molecule has 0 aliphatic rings. The standard InChI is InChI=1S/C18H17NO3/c1-14(12-19)22-18(20)13-21-17-10-6-5-9-16(17)11-15-7-3-2-4-8-15/h2-10,14H,11,13H2,1H3. The van der Waals surface area contributed by atoms with Crippen LogP contribution in [0.4, 0.5) is 0 Å². The van der Waals surface area contributed by atoms with Gasteiger partial charge >= 0.3 is 5.97 Å². The Hall–Kier alpha value is -2.80. The zero-order chi connectivity index (χ0) is 15.8. The molecule has 4 nitrogen and oxygen atoms in total. The largest absolute Gasteiger partial charge is 0.482 e. The summed E-state index contributed by atoms with van der Waals surface area (Å²) < 4.78 is 10.4. The molecule has 2 aromatic rings. The third-order valence-corrected chi connectivity index (χ3v) is 3.05. The molecule has 0 radical (unpaired) electrons. The molecule has 0 spiro atoms. The predicted molar refractivity (Wildman–Crippen MR) is 82.4 cm³/mol. The molecule has 1 unspecified atom stereocenters. The maximum absolute atomic E-state index is 11.6. The van der Waals surface area contributed by atoms with Gasteiger partial charge in [0.25, 0.3) is 0 Å².